The van der Waals surface area contributed by atoms with Gasteiger partial charge in [-0.3, -0.25) is 5.21 Å². The van der Waals surface area contributed by atoms with Crippen molar-refractivity contribution in [3.8, 4) is 0 Å². The predicted molar refractivity (Wildman–Crippen MR) is 34.6 cm³/mol. The van der Waals surface area contributed by atoms with Crippen LogP contribution >= 0.6 is 12.2 Å². The molecule has 1 aliphatic rings. The lowest BCUT2D eigenvalue weighted by atomic mass is 10.3. The largest absolute Gasteiger partial charge is 0.283 e. The van der Waals surface area contributed by atoms with Gasteiger partial charge in [-0.15, -0.1) is 0 Å². The minimum absolute atomic E-state index is 0.579. The first-order valence-corrected chi connectivity index (χ1v) is 2.82. The van der Waals surface area contributed by atoms with E-state index in [1.807, 2.05) is 0 Å². The second-order valence-corrected chi connectivity index (χ2v) is 2.24. The summed E-state index contributed by atoms with van der Waals surface area (Å²) in [5.74, 6) is 0. The number of hydroxylamine groups is 2. The molecule has 1 fully saturated rings. The van der Waals surface area contributed by atoms with Gasteiger partial charge in [0.2, 0.25) is 0 Å². The highest BCUT2D eigenvalue weighted by Crippen LogP contribution is 2.18. The topological polar surface area (TPSA) is 23.5 Å². The van der Waals surface area contributed by atoms with Crippen LogP contribution in [0, 0.1) is 0 Å². The molecule has 0 unspecified atom stereocenters. The Balaban J connectivity index is 2.70. The molecular weight excluding hydrogens is 122 g/mol. The lowest BCUT2D eigenvalue weighted by molar-refractivity contribution is 0.0314. The fourth-order valence-electron chi connectivity index (χ4n) is 0.639. The van der Waals surface area contributed by atoms with Crippen molar-refractivity contribution in [3.05, 3.63) is 12.3 Å². The molecule has 0 aliphatic carbocycles. The molecule has 1 aliphatic heterocycles. The van der Waals surface area contributed by atoms with Gasteiger partial charge in [-0.2, -0.15) is 0 Å². The Kier molecular flexibility index (Phi) is 1.31. The van der Waals surface area contributed by atoms with Crippen LogP contribution in [0.1, 0.15) is 12.8 Å². The Hall–Kier alpha value is -0.410. The van der Waals surface area contributed by atoms with Crippen LogP contribution in [0.2, 0.25) is 0 Å². The Morgan fingerprint density at radius 1 is 1.62 bits per heavy atom. The maximum Gasteiger partial charge on any atom is 0.109 e. The van der Waals surface area contributed by atoms with Crippen molar-refractivity contribution in [1.29, 1.82) is 0 Å². The second kappa shape index (κ2) is 1.84. The molecule has 1 rings (SSSR count). The summed E-state index contributed by atoms with van der Waals surface area (Å²) in [6, 6.07) is 0. The van der Waals surface area contributed by atoms with Crippen LogP contribution in [0.3, 0.4) is 0 Å². The molecule has 44 valence electrons. The highest BCUT2D eigenvalue weighted by molar-refractivity contribution is 7.80. The van der Waals surface area contributed by atoms with Gasteiger partial charge in [-0.05, 0) is 6.42 Å². The van der Waals surface area contributed by atoms with E-state index in [1.54, 1.807) is 0 Å². The lowest BCUT2D eigenvalue weighted by Gasteiger charge is -2.06. The van der Waals surface area contributed by atoms with Crippen LogP contribution in [0.4, 0.5) is 0 Å². The molecule has 1 heterocycles. The second-order valence-electron chi connectivity index (χ2n) is 1.77. The van der Waals surface area contributed by atoms with Gasteiger partial charge in [0, 0.05) is 12.1 Å². The van der Waals surface area contributed by atoms with E-state index in [4.69, 9.17) is 17.4 Å². The van der Waals surface area contributed by atoms with Crippen LogP contribution in [0.25, 0.3) is 0 Å². The normalized spacial score (nSPS) is 20.4. The summed E-state index contributed by atoms with van der Waals surface area (Å²) in [5, 5.41) is 9.84. The van der Waals surface area contributed by atoms with Gasteiger partial charge < -0.3 is 0 Å². The quantitative estimate of drug-likeness (QED) is 0.499. The van der Waals surface area contributed by atoms with Crippen molar-refractivity contribution in [2.24, 2.45) is 0 Å². The molecule has 0 amide bonds. The highest BCUT2D eigenvalue weighted by Gasteiger charge is 2.17. The first-order chi connectivity index (χ1) is 3.72. The lowest BCUT2D eigenvalue weighted by Crippen LogP contribution is -2.15. The van der Waals surface area contributed by atoms with E-state index in [9.17, 15) is 0 Å². The molecule has 0 saturated carbocycles. The molecule has 2 nitrogen and oxygen atoms in total. The number of allylic oxidation sites excluding steroid dienone is 1. The average molecular weight is 129 g/mol. The smallest absolute Gasteiger partial charge is 0.109 e. The minimum atomic E-state index is 0.579. The standard InChI is InChI=1S/C5H7NOS/c1-4-2-3-5(8)6(4)7/h7H,1-3H2. The number of rotatable bonds is 0. The molecule has 3 heteroatoms. The Morgan fingerprint density at radius 3 is 2.38 bits per heavy atom. The summed E-state index contributed by atoms with van der Waals surface area (Å²) < 4.78 is 0. The third-order valence-corrected chi connectivity index (χ3v) is 1.54. The van der Waals surface area contributed by atoms with E-state index in [-0.39, 0.29) is 0 Å². The van der Waals surface area contributed by atoms with Gasteiger partial charge in [0.25, 0.3) is 0 Å². The molecule has 0 aromatic rings. The number of nitrogens with zero attached hydrogens (tertiary/aromatic N) is 1. The van der Waals surface area contributed by atoms with E-state index in [2.05, 4.69) is 6.58 Å². The van der Waals surface area contributed by atoms with Crippen LogP contribution in [0.15, 0.2) is 12.3 Å². The molecule has 0 atom stereocenters. The van der Waals surface area contributed by atoms with Crippen LogP contribution in [-0.4, -0.2) is 15.3 Å². The molecule has 1 N–H and O–H groups in total. The van der Waals surface area contributed by atoms with Crippen molar-refractivity contribution in [3.63, 3.8) is 0 Å². The van der Waals surface area contributed by atoms with Crippen molar-refractivity contribution in [1.82, 2.24) is 5.06 Å². The molecule has 1 saturated heterocycles. The first-order valence-electron chi connectivity index (χ1n) is 2.41. The van der Waals surface area contributed by atoms with Gasteiger partial charge >= 0.3 is 0 Å². The molecule has 8 heavy (non-hydrogen) atoms. The summed E-state index contributed by atoms with van der Waals surface area (Å²) in [4.78, 5) is 0.579. The third-order valence-electron chi connectivity index (χ3n) is 1.16. The van der Waals surface area contributed by atoms with Gasteiger partial charge in [-0.25, -0.2) is 5.06 Å². The first kappa shape index (κ1) is 5.72. The highest BCUT2D eigenvalue weighted by atomic mass is 32.1. The zero-order valence-corrected chi connectivity index (χ0v) is 5.24. The Morgan fingerprint density at radius 2 is 2.25 bits per heavy atom. The molecule has 0 spiro atoms. The van der Waals surface area contributed by atoms with E-state index in [1.165, 1.54) is 0 Å². The number of hydrogen-bond donors (Lipinski definition) is 1. The minimum Gasteiger partial charge on any atom is -0.283 e. The summed E-state index contributed by atoms with van der Waals surface area (Å²) in [6.45, 7) is 3.57. The molecule has 0 aromatic carbocycles. The Bertz CT molecular complexity index is 127. The van der Waals surface area contributed by atoms with Crippen molar-refractivity contribution >= 4 is 17.2 Å². The fourth-order valence-corrected chi connectivity index (χ4v) is 0.871. The summed E-state index contributed by atoms with van der Waals surface area (Å²) in [5.41, 5.74) is 0.704. The molecule has 0 radical (unpaired) electrons. The summed E-state index contributed by atoms with van der Waals surface area (Å²) in [7, 11) is 0. The summed E-state index contributed by atoms with van der Waals surface area (Å²) in [6.07, 6.45) is 1.57. The van der Waals surface area contributed by atoms with Gasteiger partial charge in [0.15, 0.2) is 0 Å². The Labute approximate surface area is 53.4 Å². The van der Waals surface area contributed by atoms with Crippen molar-refractivity contribution in [2.45, 2.75) is 12.8 Å². The van der Waals surface area contributed by atoms with Gasteiger partial charge in [0.05, 0.1) is 0 Å². The summed E-state index contributed by atoms with van der Waals surface area (Å²) >= 11 is 4.73. The third kappa shape index (κ3) is 0.743. The maximum atomic E-state index is 8.86. The number of thiocarbonyl (C=S) groups is 1. The van der Waals surface area contributed by atoms with E-state index in [0.717, 1.165) is 17.9 Å². The van der Waals surface area contributed by atoms with Crippen LogP contribution < -0.4 is 0 Å². The van der Waals surface area contributed by atoms with E-state index < -0.39 is 0 Å². The molecule has 0 aromatic heterocycles. The monoisotopic (exact) mass is 129 g/mol. The SMILES string of the molecule is C=C1CCC(=S)N1O. The van der Waals surface area contributed by atoms with Gasteiger partial charge in [0.1, 0.15) is 4.99 Å². The maximum absolute atomic E-state index is 8.86. The average Bonchev–Trinajstić information content (AvgIpc) is 1.98. The number of hydrogen-bond acceptors (Lipinski definition) is 2. The predicted octanol–water partition coefficient (Wildman–Crippen LogP) is 1.31. The van der Waals surface area contributed by atoms with Gasteiger partial charge in [-0.1, -0.05) is 18.8 Å². The van der Waals surface area contributed by atoms with Crippen molar-refractivity contribution < 1.29 is 5.21 Å². The fraction of sp³-hybridized carbons (Fsp3) is 0.400. The zero-order valence-electron chi connectivity index (χ0n) is 4.42. The van der Waals surface area contributed by atoms with E-state index in [0.29, 0.717) is 10.7 Å². The molecule has 0 bridgehead atoms. The van der Waals surface area contributed by atoms with Crippen molar-refractivity contribution in [2.75, 3.05) is 0 Å². The van der Waals surface area contributed by atoms with E-state index >= 15 is 0 Å². The molecular formula is C5H7NOS. The zero-order chi connectivity index (χ0) is 6.15. The van der Waals surface area contributed by atoms with Crippen LogP contribution in [0.5, 0.6) is 0 Å². The van der Waals surface area contributed by atoms with Crippen LogP contribution in [-0.2, 0) is 0 Å².